The fourth-order valence-corrected chi connectivity index (χ4v) is 5.23. The number of aliphatic carboxylic acids is 1. The highest BCUT2D eigenvalue weighted by molar-refractivity contribution is 6.48. The summed E-state index contributed by atoms with van der Waals surface area (Å²) in [7, 11) is -0.847. The van der Waals surface area contributed by atoms with Crippen molar-refractivity contribution in [2.24, 2.45) is 17.3 Å². The van der Waals surface area contributed by atoms with Crippen molar-refractivity contribution in [1.82, 2.24) is 0 Å². The average molecular weight is 441 g/mol. The molecular formula is C25H48O4Si. The van der Waals surface area contributed by atoms with Crippen LogP contribution in [0.15, 0.2) is 12.2 Å². The van der Waals surface area contributed by atoms with Crippen LogP contribution in [0.25, 0.3) is 0 Å². The molecule has 0 radical (unpaired) electrons. The summed E-state index contributed by atoms with van der Waals surface area (Å²) in [5.41, 5.74) is -0.806. The van der Waals surface area contributed by atoms with Gasteiger partial charge in [0.25, 0.3) is 0 Å². The van der Waals surface area contributed by atoms with Crippen molar-refractivity contribution in [3.63, 3.8) is 0 Å². The van der Waals surface area contributed by atoms with Gasteiger partial charge in [-0.25, -0.2) is 0 Å². The van der Waals surface area contributed by atoms with E-state index in [0.717, 1.165) is 19.4 Å². The van der Waals surface area contributed by atoms with Crippen LogP contribution in [-0.4, -0.2) is 37.4 Å². The molecule has 5 heteroatoms. The molecule has 1 aliphatic rings. The zero-order chi connectivity index (χ0) is 22.6. The van der Waals surface area contributed by atoms with Gasteiger partial charge in [0.2, 0.25) is 0 Å². The smallest absolute Gasteiger partial charge is 0.306 e. The van der Waals surface area contributed by atoms with Gasteiger partial charge >= 0.3 is 5.97 Å². The molecule has 0 aromatic rings. The third kappa shape index (κ3) is 12.3. The van der Waals surface area contributed by atoms with Crippen molar-refractivity contribution < 1.29 is 19.4 Å². The molecule has 0 aromatic carbocycles. The van der Waals surface area contributed by atoms with E-state index < -0.39 is 20.6 Å². The topological polar surface area (TPSA) is 66.8 Å². The highest BCUT2D eigenvalue weighted by atomic mass is 28.3. The van der Waals surface area contributed by atoms with Gasteiger partial charge in [-0.15, -0.1) is 0 Å². The third-order valence-corrected chi connectivity index (χ3v) is 7.33. The second-order valence-electron chi connectivity index (χ2n) is 10.8. The summed E-state index contributed by atoms with van der Waals surface area (Å²) in [6.45, 7) is 12.3. The minimum atomic E-state index is -1.03. The van der Waals surface area contributed by atoms with Gasteiger partial charge in [0.05, 0.1) is 12.0 Å². The Morgan fingerprint density at radius 2 is 1.80 bits per heavy atom. The van der Waals surface area contributed by atoms with Crippen molar-refractivity contribution in [2.75, 3.05) is 6.61 Å². The first kappa shape index (κ1) is 27.4. The lowest BCUT2D eigenvalue weighted by molar-refractivity contribution is -0.144. The molecule has 30 heavy (non-hydrogen) atoms. The summed E-state index contributed by atoms with van der Waals surface area (Å²) in [5, 5.41) is 19.7. The molecule has 1 rings (SSSR count). The molecular weight excluding hydrogens is 392 g/mol. The van der Waals surface area contributed by atoms with Gasteiger partial charge in [0.15, 0.2) is 9.04 Å². The van der Waals surface area contributed by atoms with Gasteiger partial charge in [0.1, 0.15) is 0 Å². The van der Waals surface area contributed by atoms with Gasteiger partial charge in [0, 0.05) is 6.61 Å². The summed E-state index contributed by atoms with van der Waals surface area (Å²) in [6.07, 6.45) is 16.5. The maximum absolute atomic E-state index is 11.1. The monoisotopic (exact) mass is 440 g/mol. The molecule has 0 aromatic heterocycles. The predicted molar refractivity (Wildman–Crippen MR) is 128 cm³/mol. The lowest BCUT2D eigenvalue weighted by atomic mass is 9.74. The molecule has 0 bridgehead atoms. The molecule has 1 saturated carbocycles. The Kier molecular flexibility index (Phi) is 12.5. The lowest BCUT2D eigenvalue weighted by Crippen LogP contribution is -2.37. The van der Waals surface area contributed by atoms with Gasteiger partial charge in [-0.1, -0.05) is 65.0 Å². The molecule has 0 aliphatic heterocycles. The lowest BCUT2D eigenvalue weighted by Gasteiger charge is -2.35. The van der Waals surface area contributed by atoms with E-state index in [4.69, 9.17) is 9.53 Å². The molecule has 4 nitrogen and oxygen atoms in total. The number of rotatable bonds is 14. The van der Waals surface area contributed by atoms with Crippen LogP contribution in [-0.2, 0) is 9.22 Å². The zero-order valence-corrected chi connectivity index (χ0v) is 21.4. The van der Waals surface area contributed by atoms with Gasteiger partial charge < -0.3 is 14.6 Å². The number of unbranched alkanes of at least 4 members (excludes halogenated alkanes) is 5. The van der Waals surface area contributed by atoms with Crippen LogP contribution in [0, 0.1) is 17.3 Å². The molecule has 3 atom stereocenters. The fourth-order valence-electron chi connectivity index (χ4n) is 4.59. The van der Waals surface area contributed by atoms with E-state index in [2.05, 4.69) is 46.0 Å². The molecule has 1 fully saturated rings. The number of carboxylic acids is 1. The average Bonchev–Trinajstić information content (AvgIpc) is 2.60. The maximum atomic E-state index is 11.1. The Labute approximate surface area is 187 Å². The molecule has 176 valence electrons. The van der Waals surface area contributed by atoms with Crippen LogP contribution >= 0.6 is 0 Å². The molecule has 0 heterocycles. The zero-order valence-electron chi connectivity index (χ0n) is 20.3. The summed E-state index contributed by atoms with van der Waals surface area (Å²) < 4.78 is 5.73. The SMILES string of the molecule is C[SiH](C)OCCCCCCCCC(C=CC1CCCC(O)(CC(=O)O)C1)C(C)(C)C. The molecule has 0 saturated heterocycles. The van der Waals surface area contributed by atoms with Crippen molar-refractivity contribution in [3.8, 4) is 0 Å². The Hall–Kier alpha value is -0.653. The minimum absolute atomic E-state index is 0.133. The largest absolute Gasteiger partial charge is 0.481 e. The third-order valence-electron chi connectivity index (χ3n) is 6.43. The van der Waals surface area contributed by atoms with E-state index in [0.29, 0.717) is 24.7 Å². The van der Waals surface area contributed by atoms with E-state index in [1.54, 1.807) is 0 Å². The Morgan fingerprint density at radius 3 is 2.40 bits per heavy atom. The molecule has 2 N–H and O–H groups in total. The van der Waals surface area contributed by atoms with E-state index in [1.807, 2.05) is 0 Å². The van der Waals surface area contributed by atoms with Gasteiger partial charge in [-0.2, -0.15) is 0 Å². The van der Waals surface area contributed by atoms with Gasteiger partial charge in [-0.05, 0) is 68.9 Å². The Morgan fingerprint density at radius 1 is 1.17 bits per heavy atom. The Bertz CT molecular complexity index is 512. The standard InChI is InChI=1S/C25H48O4Si/c1-24(2,3)22(14-10-8-6-7-9-11-18-29-30(4)5)16-15-21-13-12-17-25(28,19-21)20-23(26)27/h15-16,21-22,28,30H,6-14,17-20H2,1-5H3,(H,26,27). The Balaban J connectivity index is 2.37. The van der Waals surface area contributed by atoms with Crippen molar-refractivity contribution in [1.29, 1.82) is 0 Å². The molecule has 0 amide bonds. The molecule has 0 spiro atoms. The van der Waals surface area contributed by atoms with E-state index >= 15 is 0 Å². The number of carbonyl (C=O) groups is 1. The number of aliphatic hydroxyl groups is 1. The fraction of sp³-hybridized carbons (Fsp3) is 0.880. The second-order valence-corrected chi connectivity index (χ2v) is 13.3. The van der Waals surface area contributed by atoms with Crippen molar-refractivity contribution in [2.45, 2.75) is 117 Å². The van der Waals surface area contributed by atoms with Crippen LogP contribution in [0.3, 0.4) is 0 Å². The summed E-state index contributed by atoms with van der Waals surface area (Å²) in [5.74, 6) is -0.0792. The number of allylic oxidation sites excluding steroid dienone is 2. The first-order valence-corrected chi connectivity index (χ1v) is 15.0. The predicted octanol–water partition coefficient (Wildman–Crippen LogP) is 6.33. The first-order chi connectivity index (χ1) is 14.0. The second kappa shape index (κ2) is 13.7. The number of hydrogen-bond acceptors (Lipinski definition) is 3. The van der Waals surface area contributed by atoms with Gasteiger partial charge in [-0.3, -0.25) is 4.79 Å². The highest BCUT2D eigenvalue weighted by Crippen LogP contribution is 2.37. The van der Waals surface area contributed by atoms with E-state index in [9.17, 15) is 9.90 Å². The number of hydrogen-bond donors (Lipinski definition) is 2. The highest BCUT2D eigenvalue weighted by Gasteiger charge is 2.35. The van der Waals surface area contributed by atoms with Crippen LogP contribution in [0.1, 0.15) is 97.8 Å². The summed E-state index contributed by atoms with van der Waals surface area (Å²) in [4.78, 5) is 11.1. The van der Waals surface area contributed by atoms with Crippen molar-refractivity contribution >= 4 is 15.0 Å². The maximum Gasteiger partial charge on any atom is 0.306 e. The van der Waals surface area contributed by atoms with E-state index in [1.165, 1.54) is 44.9 Å². The van der Waals surface area contributed by atoms with Crippen LogP contribution < -0.4 is 0 Å². The molecule has 3 unspecified atom stereocenters. The first-order valence-electron chi connectivity index (χ1n) is 12.3. The molecule has 1 aliphatic carbocycles. The summed E-state index contributed by atoms with van der Waals surface area (Å²) in [6, 6.07) is 0. The van der Waals surface area contributed by atoms with E-state index in [-0.39, 0.29) is 11.8 Å². The number of carboxylic acid groups (broad SMARTS) is 1. The normalized spacial score (nSPS) is 23.9. The van der Waals surface area contributed by atoms with Crippen LogP contribution in [0.4, 0.5) is 0 Å². The van der Waals surface area contributed by atoms with Crippen molar-refractivity contribution in [3.05, 3.63) is 12.2 Å². The quantitative estimate of drug-likeness (QED) is 0.188. The van der Waals surface area contributed by atoms with Crippen LogP contribution in [0.2, 0.25) is 13.1 Å². The van der Waals surface area contributed by atoms with Crippen LogP contribution in [0.5, 0.6) is 0 Å². The minimum Gasteiger partial charge on any atom is -0.481 e. The summed E-state index contributed by atoms with van der Waals surface area (Å²) >= 11 is 0.